The topological polar surface area (TPSA) is 98.8 Å². The number of Topliss-reactive ketones (excluding diaryl/α,β-unsaturated/α-hetero) is 1. The number of rotatable bonds is 11. The number of benzene rings is 1. The van der Waals surface area contributed by atoms with Crippen LogP contribution in [0, 0.1) is 5.92 Å². The number of ketones is 1. The molecule has 0 saturated heterocycles. The largest absolute Gasteiger partial charge is 0.459 e. The van der Waals surface area contributed by atoms with E-state index >= 15 is 0 Å². The van der Waals surface area contributed by atoms with Crippen LogP contribution in [0.2, 0.25) is 0 Å². The maximum atomic E-state index is 12.7. The molecule has 7 heteroatoms. The molecule has 1 rings (SSSR count). The maximum absolute atomic E-state index is 12.7. The predicted molar refractivity (Wildman–Crippen MR) is 127 cm³/mol. The van der Waals surface area contributed by atoms with E-state index in [1.807, 2.05) is 12.1 Å². The van der Waals surface area contributed by atoms with Crippen LogP contribution in [0.3, 0.4) is 0 Å². The highest BCUT2D eigenvalue weighted by molar-refractivity contribution is 5.98. The van der Waals surface area contributed by atoms with Gasteiger partial charge in [0.25, 0.3) is 0 Å². The lowest BCUT2D eigenvalue weighted by Gasteiger charge is -2.26. The number of carbonyl (C=O) groups is 4. The van der Waals surface area contributed by atoms with Gasteiger partial charge >= 0.3 is 11.9 Å². The third-order valence-electron chi connectivity index (χ3n) is 4.58. The van der Waals surface area contributed by atoms with Gasteiger partial charge in [0.1, 0.15) is 11.2 Å². The Morgan fingerprint density at radius 3 is 1.82 bits per heavy atom. The molecular formula is C26H39NO6. The molecule has 0 fully saturated rings. The van der Waals surface area contributed by atoms with Crippen LogP contribution >= 0.6 is 0 Å². The van der Waals surface area contributed by atoms with Crippen molar-refractivity contribution < 1.29 is 28.7 Å². The average molecular weight is 462 g/mol. The average Bonchev–Trinajstić information content (AvgIpc) is 2.65. The molecule has 0 unspecified atom stereocenters. The van der Waals surface area contributed by atoms with Crippen molar-refractivity contribution in [3.05, 3.63) is 35.4 Å². The molecule has 7 nitrogen and oxygen atoms in total. The molecule has 0 radical (unpaired) electrons. The Morgan fingerprint density at radius 2 is 1.36 bits per heavy atom. The summed E-state index contributed by atoms with van der Waals surface area (Å²) in [5, 5.41) is 2.77. The fourth-order valence-electron chi connectivity index (χ4n) is 3.07. The van der Waals surface area contributed by atoms with Gasteiger partial charge in [0.15, 0.2) is 11.7 Å². The molecule has 1 aromatic carbocycles. The van der Waals surface area contributed by atoms with Crippen LogP contribution in [0.15, 0.2) is 24.3 Å². The summed E-state index contributed by atoms with van der Waals surface area (Å²) < 4.78 is 10.8. The second-order valence-corrected chi connectivity index (χ2v) is 10.2. The van der Waals surface area contributed by atoms with E-state index in [0.717, 1.165) is 24.8 Å². The van der Waals surface area contributed by atoms with Crippen LogP contribution < -0.4 is 5.32 Å². The number of aryl methyl sites for hydroxylation is 1. The van der Waals surface area contributed by atoms with Crippen LogP contribution in [-0.4, -0.2) is 41.4 Å². The normalized spacial score (nSPS) is 11.8. The van der Waals surface area contributed by atoms with Gasteiger partial charge in [-0.05, 0) is 72.8 Å². The first-order chi connectivity index (χ1) is 15.2. The van der Waals surface area contributed by atoms with Crippen LogP contribution in [0.4, 0.5) is 0 Å². The van der Waals surface area contributed by atoms with Crippen LogP contribution in [0.1, 0.15) is 90.1 Å². The first-order valence-corrected chi connectivity index (χ1v) is 11.5. The molecule has 0 aromatic heterocycles. The van der Waals surface area contributed by atoms with Crippen molar-refractivity contribution in [1.82, 2.24) is 5.32 Å². The number of amides is 1. The van der Waals surface area contributed by atoms with Crippen molar-refractivity contribution in [3.63, 3.8) is 0 Å². The SMILES string of the molecule is CC(=O)NCCCCc1ccc(C(=O)CCC(C(=O)OC(C)(C)C)C(=O)OC(C)(C)C)cc1. The lowest BCUT2D eigenvalue weighted by atomic mass is 9.97. The van der Waals surface area contributed by atoms with Crippen molar-refractivity contribution >= 4 is 23.6 Å². The number of ether oxygens (including phenoxy) is 2. The fraction of sp³-hybridized carbons (Fsp3) is 0.615. The molecule has 0 bridgehead atoms. The van der Waals surface area contributed by atoms with E-state index in [0.29, 0.717) is 12.1 Å². The lowest BCUT2D eigenvalue weighted by molar-refractivity contribution is -0.174. The highest BCUT2D eigenvalue weighted by Crippen LogP contribution is 2.21. The van der Waals surface area contributed by atoms with E-state index in [4.69, 9.17) is 9.47 Å². The highest BCUT2D eigenvalue weighted by atomic mass is 16.6. The minimum absolute atomic E-state index is 0.0214. The molecule has 1 N–H and O–H groups in total. The Bertz CT molecular complexity index is 787. The van der Waals surface area contributed by atoms with Crippen molar-refractivity contribution in [2.24, 2.45) is 5.92 Å². The van der Waals surface area contributed by atoms with Crippen molar-refractivity contribution in [2.45, 2.75) is 91.8 Å². The second-order valence-electron chi connectivity index (χ2n) is 10.2. The molecule has 0 aliphatic rings. The van der Waals surface area contributed by atoms with Crippen LogP contribution in [-0.2, 0) is 30.3 Å². The molecule has 184 valence electrons. The molecule has 0 atom stereocenters. The van der Waals surface area contributed by atoms with E-state index in [9.17, 15) is 19.2 Å². The Kier molecular flexibility index (Phi) is 10.7. The van der Waals surface area contributed by atoms with Gasteiger partial charge in [-0.25, -0.2) is 0 Å². The summed E-state index contributed by atoms with van der Waals surface area (Å²) >= 11 is 0. The summed E-state index contributed by atoms with van der Waals surface area (Å²) in [6, 6.07) is 7.35. The number of nitrogens with one attached hydrogen (secondary N) is 1. The van der Waals surface area contributed by atoms with Gasteiger partial charge in [-0.1, -0.05) is 24.3 Å². The third kappa shape index (κ3) is 12.2. The van der Waals surface area contributed by atoms with Gasteiger partial charge in [0, 0.05) is 25.5 Å². The molecule has 1 aromatic rings. The van der Waals surface area contributed by atoms with Crippen molar-refractivity contribution in [3.8, 4) is 0 Å². The molecule has 0 aliphatic carbocycles. The monoisotopic (exact) mass is 461 g/mol. The standard InChI is InChI=1S/C26H39NO6/c1-18(28)27-17-9-8-10-19-11-13-20(14-12-19)22(29)16-15-21(23(30)32-25(2,3)4)24(31)33-26(5,6)7/h11-14,21H,8-10,15-17H2,1-7H3,(H,27,28). The van der Waals surface area contributed by atoms with Crippen LogP contribution in [0.25, 0.3) is 0 Å². The number of hydrogen-bond donors (Lipinski definition) is 1. The van der Waals surface area contributed by atoms with E-state index in [1.165, 1.54) is 6.92 Å². The predicted octanol–water partition coefficient (Wildman–Crippen LogP) is 4.41. The summed E-state index contributed by atoms with van der Waals surface area (Å²) in [5.74, 6) is -2.70. The zero-order valence-corrected chi connectivity index (χ0v) is 21.1. The molecule has 0 saturated carbocycles. The van der Waals surface area contributed by atoms with E-state index in [1.54, 1.807) is 53.7 Å². The van der Waals surface area contributed by atoms with E-state index in [2.05, 4.69) is 5.32 Å². The summed E-state index contributed by atoms with van der Waals surface area (Å²) in [4.78, 5) is 48.8. The number of carbonyl (C=O) groups excluding carboxylic acids is 4. The van der Waals surface area contributed by atoms with Gasteiger partial charge in [0.05, 0.1) is 0 Å². The number of unbranched alkanes of at least 4 members (excludes halogenated alkanes) is 1. The molecule has 0 aliphatic heterocycles. The van der Waals surface area contributed by atoms with Crippen molar-refractivity contribution in [2.75, 3.05) is 6.54 Å². The zero-order chi connectivity index (χ0) is 25.2. The van der Waals surface area contributed by atoms with E-state index < -0.39 is 29.1 Å². The number of esters is 2. The van der Waals surface area contributed by atoms with Gasteiger partial charge in [0.2, 0.25) is 5.91 Å². The first-order valence-electron chi connectivity index (χ1n) is 11.5. The van der Waals surface area contributed by atoms with Crippen LogP contribution in [0.5, 0.6) is 0 Å². The quantitative estimate of drug-likeness (QED) is 0.227. The summed E-state index contributed by atoms with van der Waals surface area (Å²) in [5.41, 5.74) is 0.137. The Labute approximate surface area is 197 Å². The molecule has 0 heterocycles. The lowest BCUT2D eigenvalue weighted by Crippen LogP contribution is -2.37. The first kappa shape index (κ1) is 28.3. The number of hydrogen-bond acceptors (Lipinski definition) is 6. The fourth-order valence-corrected chi connectivity index (χ4v) is 3.07. The van der Waals surface area contributed by atoms with Gasteiger partial charge < -0.3 is 14.8 Å². The van der Waals surface area contributed by atoms with Crippen molar-refractivity contribution in [1.29, 1.82) is 0 Å². The maximum Gasteiger partial charge on any atom is 0.320 e. The molecule has 33 heavy (non-hydrogen) atoms. The van der Waals surface area contributed by atoms with Gasteiger partial charge in [-0.15, -0.1) is 0 Å². The molecular weight excluding hydrogens is 422 g/mol. The van der Waals surface area contributed by atoms with Gasteiger partial charge in [-0.2, -0.15) is 0 Å². The summed E-state index contributed by atoms with van der Waals surface area (Å²) in [6.07, 6.45) is 2.72. The highest BCUT2D eigenvalue weighted by Gasteiger charge is 2.35. The summed E-state index contributed by atoms with van der Waals surface area (Å²) in [6.45, 7) is 12.5. The molecule has 1 amide bonds. The minimum Gasteiger partial charge on any atom is -0.459 e. The smallest absolute Gasteiger partial charge is 0.320 e. The third-order valence-corrected chi connectivity index (χ3v) is 4.58. The van der Waals surface area contributed by atoms with Gasteiger partial charge in [-0.3, -0.25) is 19.2 Å². The summed E-state index contributed by atoms with van der Waals surface area (Å²) in [7, 11) is 0. The Hall–Kier alpha value is -2.70. The molecule has 0 spiro atoms. The zero-order valence-electron chi connectivity index (χ0n) is 21.1. The Morgan fingerprint density at radius 1 is 0.848 bits per heavy atom. The Balaban J connectivity index is 2.70. The minimum atomic E-state index is -1.16. The second kappa shape index (κ2) is 12.5. The van der Waals surface area contributed by atoms with E-state index in [-0.39, 0.29) is 24.5 Å².